The highest BCUT2D eigenvalue weighted by atomic mass is 16.2. The van der Waals surface area contributed by atoms with Crippen LogP contribution in [0.15, 0.2) is 30.3 Å². The Bertz CT molecular complexity index is 188. The predicted octanol–water partition coefficient (Wildman–Crippen LogP) is 1.21. The fraction of sp³-hybridized carbons (Fsp3) is 0.143. The van der Waals surface area contributed by atoms with Crippen LogP contribution in [0.25, 0.3) is 0 Å². The maximum Gasteiger partial charge on any atom is 0.406 e. The molecule has 1 aromatic carbocycles. The van der Waals surface area contributed by atoms with E-state index >= 15 is 0 Å². The van der Waals surface area contributed by atoms with Crippen molar-refractivity contribution in [1.82, 2.24) is 0 Å². The summed E-state index contributed by atoms with van der Waals surface area (Å²) >= 11 is 0. The van der Waals surface area contributed by atoms with E-state index in [4.69, 9.17) is 5.02 Å². The summed E-state index contributed by atoms with van der Waals surface area (Å²) in [4.78, 5) is 0. The van der Waals surface area contributed by atoms with Crippen LogP contribution in [0.4, 0.5) is 5.69 Å². The van der Waals surface area contributed by atoms with E-state index in [-0.39, 0.29) is 0 Å². The highest BCUT2D eigenvalue weighted by Gasteiger charge is 1.99. The van der Waals surface area contributed by atoms with Crippen molar-refractivity contribution in [3.05, 3.63) is 30.3 Å². The fourth-order valence-electron chi connectivity index (χ4n) is 0.776. The molecule has 1 rings (SSSR count). The van der Waals surface area contributed by atoms with E-state index in [1.165, 1.54) is 0 Å². The third-order valence-electron chi connectivity index (χ3n) is 1.15. The molecule has 0 saturated carbocycles. The van der Waals surface area contributed by atoms with E-state index in [2.05, 4.69) is 5.23 Å². The van der Waals surface area contributed by atoms with Crippen LogP contribution < -0.4 is 5.23 Å². The number of hydrogen-bond donors (Lipinski definition) is 2. The van der Waals surface area contributed by atoms with Gasteiger partial charge in [0.1, 0.15) is 0 Å². The third kappa shape index (κ3) is 2.11. The Morgan fingerprint density at radius 3 is 2.40 bits per heavy atom. The van der Waals surface area contributed by atoms with Crippen molar-refractivity contribution in [3.63, 3.8) is 0 Å². The van der Waals surface area contributed by atoms with Crippen LogP contribution in [0.1, 0.15) is 0 Å². The molecule has 0 unspecified atom stereocenters. The topological polar surface area (TPSA) is 32.3 Å². The summed E-state index contributed by atoms with van der Waals surface area (Å²) < 4.78 is 0. The van der Waals surface area contributed by atoms with Crippen molar-refractivity contribution in [2.45, 2.75) is 6.82 Å². The number of anilines is 1. The van der Waals surface area contributed by atoms with Crippen LogP contribution in [-0.2, 0) is 0 Å². The fourth-order valence-corrected chi connectivity index (χ4v) is 0.776. The van der Waals surface area contributed by atoms with E-state index in [0.717, 1.165) is 5.69 Å². The maximum atomic E-state index is 8.89. The van der Waals surface area contributed by atoms with Crippen molar-refractivity contribution >= 4 is 12.7 Å². The molecule has 0 heterocycles. The predicted molar refractivity (Wildman–Crippen MR) is 43.9 cm³/mol. The van der Waals surface area contributed by atoms with E-state index in [0.29, 0.717) is 0 Å². The number of para-hydroxylation sites is 1. The van der Waals surface area contributed by atoms with Gasteiger partial charge in [0.25, 0.3) is 0 Å². The van der Waals surface area contributed by atoms with Gasteiger partial charge in [-0.15, -0.1) is 0 Å². The number of rotatable bonds is 2. The molecule has 0 aliphatic rings. The first-order chi connectivity index (χ1) is 4.79. The minimum absolute atomic E-state index is 0.484. The Hall–Kier alpha value is -0.955. The molecule has 52 valence electrons. The van der Waals surface area contributed by atoms with Gasteiger partial charge in [-0.3, -0.25) is 0 Å². The minimum Gasteiger partial charge on any atom is -0.433 e. The van der Waals surface area contributed by atoms with Gasteiger partial charge in [-0.05, 0) is 19.0 Å². The largest absolute Gasteiger partial charge is 0.433 e. The molecule has 10 heavy (non-hydrogen) atoms. The van der Waals surface area contributed by atoms with Crippen LogP contribution in [0.3, 0.4) is 0 Å². The highest BCUT2D eigenvalue weighted by molar-refractivity contribution is 6.52. The summed E-state index contributed by atoms with van der Waals surface area (Å²) in [5.41, 5.74) is 0.942. The van der Waals surface area contributed by atoms with Crippen LogP contribution in [0.5, 0.6) is 0 Å². The average molecular weight is 135 g/mol. The second-order valence-corrected chi connectivity index (χ2v) is 2.19. The van der Waals surface area contributed by atoms with Crippen LogP contribution >= 0.6 is 0 Å². The summed E-state index contributed by atoms with van der Waals surface area (Å²) in [7, 11) is -0.484. The maximum absolute atomic E-state index is 8.89. The van der Waals surface area contributed by atoms with Crippen LogP contribution in [-0.4, -0.2) is 12.1 Å². The van der Waals surface area contributed by atoms with E-state index in [1.54, 1.807) is 6.82 Å². The molecule has 0 aromatic heterocycles. The van der Waals surface area contributed by atoms with Crippen LogP contribution in [0.2, 0.25) is 6.82 Å². The Balaban J connectivity index is 2.59. The van der Waals surface area contributed by atoms with Gasteiger partial charge < -0.3 is 10.3 Å². The molecular formula is C7H10BNO. The Labute approximate surface area is 61.0 Å². The van der Waals surface area contributed by atoms with E-state index in [9.17, 15) is 0 Å². The zero-order chi connectivity index (χ0) is 7.40. The molecule has 2 N–H and O–H groups in total. The Kier molecular flexibility index (Phi) is 2.34. The minimum atomic E-state index is -0.484. The lowest BCUT2D eigenvalue weighted by atomic mass is 9.88. The molecule has 0 fully saturated rings. The smallest absolute Gasteiger partial charge is 0.406 e. The normalized spacial score (nSPS) is 9.00. The molecule has 0 radical (unpaired) electrons. The van der Waals surface area contributed by atoms with Gasteiger partial charge in [0.15, 0.2) is 0 Å². The second-order valence-electron chi connectivity index (χ2n) is 2.19. The summed E-state index contributed by atoms with van der Waals surface area (Å²) in [6.45, 7) is 1.69. The molecule has 0 aliphatic heterocycles. The molecule has 1 aromatic rings. The molecular weight excluding hydrogens is 125 g/mol. The molecule has 0 aliphatic carbocycles. The first kappa shape index (κ1) is 7.16. The zero-order valence-corrected chi connectivity index (χ0v) is 5.91. The zero-order valence-electron chi connectivity index (χ0n) is 5.91. The molecule has 2 nitrogen and oxygen atoms in total. The SMILES string of the molecule is CB(O)Nc1ccccc1. The van der Waals surface area contributed by atoms with Gasteiger partial charge in [0.05, 0.1) is 0 Å². The van der Waals surface area contributed by atoms with Gasteiger partial charge in [-0.25, -0.2) is 0 Å². The molecule has 0 saturated heterocycles. The van der Waals surface area contributed by atoms with Crippen molar-refractivity contribution in [3.8, 4) is 0 Å². The lowest BCUT2D eigenvalue weighted by molar-refractivity contribution is 0.587. The first-order valence-corrected chi connectivity index (χ1v) is 3.28. The van der Waals surface area contributed by atoms with Gasteiger partial charge in [0, 0.05) is 5.69 Å². The van der Waals surface area contributed by atoms with Gasteiger partial charge in [-0.1, -0.05) is 18.2 Å². The Morgan fingerprint density at radius 2 is 1.90 bits per heavy atom. The first-order valence-electron chi connectivity index (χ1n) is 3.28. The quantitative estimate of drug-likeness (QED) is 0.597. The lowest BCUT2D eigenvalue weighted by Crippen LogP contribution is -2.19. The third-order valence-corrected chi connectivity index (χ3v) is 1.15. The number of hydrogen-bond acceptors (Lipinski definition) is 2. The standard InChI is InChI=1S/C7H10BNO/c1-8(10)9-7-5-3-2-4-6-7/h2-6,9-10H,1H3. The molecule has 0 spiro atoms. The van der Waals surface area contributed by atoms with Gasteiger partial charge in [0.2, 0.25) is 0 Å². The lowest BCUT2D eigenvalue weighted by Gasteiger charge is -2.03. The molecule has 0 bridgehead atoms. The van der Waals surface area contributed by atoms with E-state index < -0.39 is 7.05 Å². The molecule has 3 heteroatoms. The number of benzene rings is 1. The van der Waals surface area contributed by atoms with Crippen LogP contribution in [0, 0.1) is 0 Å². The second kappa shape index (κ2) is 3.27. The molecule has 0 amide bonds. The number of nitrogens with one attached hydrogen (secondary N) is 1. The van der Waals surface area contributed by atoms with Crippen molar-refractivity contribution < 1.29 is 5.02 Å². The Morgan fingerprint density at radius 1 is 1.30 bits per heavy atom. The van der Waals surface area contributed by atoms with Crippen molar-refractivity contribution in [1.29, 1.82) is 0 Å². The molecule has 0 atom stereocenters. The summed E-state index contributed by atoms with van der Waals surface area (Å²) in [5.74, 6) is 0. The highest BCUT2D eigenvalue weighted by Crippen LogP contribution is 2.04. The van der Waals surface area contributed by atoms with Gasteiger partial charge >= 0.3 is 7.05 Å². The monoisotopic (exact) mass is 135 g/mol. The van der Waals surface area contributed by atoms with Crippen molar-refractivity contribution in [2.75, 3.05) is 5.23 Å². The summed E-state index contributed by atoms with van der Waals surface area (Å²) in [6, 6.07) is 9.60. The van der Waals surface area contributed by atoms with Crippen molar-refractivity contribution in [2.24, 2.45) is 0 Å². The average Bonchev–Trinajstić information content (AvgIpc) is 1.88. The van der Waals surface area contributed by atoms with Gasteiger partial charge in [-0.2, -0.15) is 0 Å². The summed E-state index contributed by atoms with van der Waals surface area (Å²) in [6.07, 6.45) is 0. The summed E-state index contributed by atoms with van der Waals surface area (Å²) in [5, 5.41) is 11.8. The van der Waals surface area contributed by atoms with E-state index in [1.807, 2.05) is 30.3 Å².